The topological polar surface area (TPSA) is 41.1 Å². The lowest BCUT2D eigenvalue weighted by molar-refractivity contribution is -0.137. The molecule has 1 aliphatic heterocycles. The quantitative estimate of drug-likeness (QED) is 0.871. The minimum Gasteiger partial charge on any atom is -0.325 e. The molecule has 19 heavy (non-hydrogen) atoms. The largest absolute Gasteiger partial charge is 0.416 e. The molecule has 1 heterocycles. The summed E-state index contributed by atoms with van der Waals surface area (Å²) in [5.41, 5.74) is -0.656. The Kier molecular flexibility index (Phi) is 4.15. The second-order valence-corrected chi connectivity index (χ2v) is 5.28. The van der Waals surface area contributed by atoms with E-state index in [9.17, 15) is 18.0 Å². The molecule has 1 fully saturated rings. The van der Waals surface area contributed by atoms with Crippen LogP contribution in [0.15, 0.2) is 22.7 Å². The van der Waals surface area contributed by atoms with Gasteiger partial charge in [-0.2, -0.15) is 13.2 Å². The van der Waals surface area contributed by atoms with Crippen LogP contribution in [0.25, 0.3) is 0 Å². The standard InChI is InChI=1S/C12H12BrF3N2O/c13-8-4-7(12(14,15)16)5-9(6-8)18-11(19)10-2-1-3-17-10/h4-6,10,17H,1-3H2,(H,18,19). The van der Waals surface area contributed by atoms with Gasteiger partial charge in [-0.05, 0) is 37.6 Å². The van der Waals surface area contributed by atoms with Gasteiger partial charge in [-0.25, -0.2) is 0 Å². The number of halogens is 4. The fourth-order valence-electron chi connectivity index (χ4n) is 1.96. The minimum absolute atomic E-state index is 0.139. The average molecular weight is 337 g/mol. The molecule has 1 amide bonds. The molecule has 2 N–H and O–H groups in total. The third-order valence-electron chi connectivity index (χ3n) is 2.87. The van der Waals surface area contributed by atoms with Crippen LogP contribution >= 0.6 is 15.9 Å². The van der Waals surface area contributed by atoms with E-state index in [1.54, 1.807) is 0 Å². The van der Waals surface area contributed by atoms with Crippen LogP contribution in [0.5, 0.6) is 0 Å². The van der Waals surface area contributed by atoms with Gasteiger partial charge >= 0.3 is 6.18 Å². The number of amides is 1. The van der Waals surface area contributed by atoms with Gasteiger partial charge in [-0.1, -0.05) is 15.9 Å². The molecule has 0 aromatic heterocycles. The lowest BCUT2D eigenvalue weighted by Gasteiger charge is -2.13. The number of alkyl halides is 3. The van der Waals surface area contributed by atoms with Crippen molar-refractivity contribution in [3.63, 3.8) is 0 Å². The van der Waals surface area contributed by atoms with Gasteiger partial charge < -0.3 is 10.6 Å². The van der Waals surface area contributed by atoms with Crippen molar-refractivity contribution >= 4 is 27.5 Å². The monoisotopic (exact) mass is 336 g/mol. The number of rotatable bonds is 2. The first-order valence-corrected chi connectivity index (χ1v) is 6.57. The molecule has 1 aromatic carbocycles. The SMILES string of the molecule is O=C(Nc1cc(Br)cc(C(F)(F)F)c1)C1CCCN1. The second kappa shape index (κ2) is 5.50. The van der Waals surface area contributed by atoms with Gasteiger partial charge in [0.15, 0.2) is 0 Å². The van der Waals surface area contributed by atoms with Gasteiger partial charge in [0.1, 0.15) is 0 Å². The highest BCUT2D eigenvalue weighted by Gasteiger charge is 2.31. The smallest absolute Gasteiger partial charge is 0.325 e. The molecular formula is C12H12BrF3N2O. The molecule has 1 aromatic rings. The summed E-state index contributed by atoms with van der Waals surface area (Å²) in [4.78, 5) is 11.8. The number of nitrogens with one attached hydrogen (secondary N) is 2. The van der Waals surface area contributed by atoms with Crippen LogP contribution in [0.1, 0.15) is 18.4 Å². The summed E-state index contributed by atoms with van der Waals surface area (Å²) in [7, 11) is 0. The molecule has 0 aliphatic carbocycles. The summed E-state index contributed by atoms with van der Waals surface area (Å²) < 4.78 is 38.2. The van der Waals surface area contributed by atoms with E-state index >= 15 is 0 Å². The highest BCUT2D eigenvalue weighted by molar-refractivity contribution is 9.10. The first kappa shape index (κ1) is 14.3. The molecule has 0 spiro atoms. The van der Waals surface area contributed by atoms with Gasteiger partial charge in [0.25, 0.3) is 0 Å². The van der Waals surface area contributed by atoms with Crippen molar-refractivity contribution in [3.05, 3.63) is 28.2 Å². The molecule has 3 nitrogen and oxygen atoms in total. The minimum atomic E-state index is -4.44. The predicted octanol–water partition coefficient (Wildman–Crippen LogP) is 3.16. The maximum absolute atomic E-state index is 12.6. The summed E-state index contributed by atoms with van der Waals surface area (Å²) >= 11 is 3.01. The molecule has 0 bridgehead atoms. The third kappa shape index (κ3) is 3.70. The molecule has 1 unspecified atom stereocenters. The summed E-state index contributed by atoms with van der Waals surface area (Å²) in [6, 6.07) is 3.02. The van der Waals surface area contributed by atoms with Crippen molar-refractivity contribution < 1.29 is 18.0 Å². The highest BCUT2D eigenvalue weighted by atomic mass is 79.9. The highest BCUT2D eigenvalue weighted by Crippen LogP contribution is 2.33. The molecule has 1 aliphatic rings. The van der Waals surface area contributed by atoms with Crippen LogP contribution in [0, 0.1) is 0 Å². The van der Waals surface area contributed by atoms with Crippen molar-refractivity contribution in [2.75, 3.05) is 11.9 Å². The normalized spacial score (nSPS) is 19.5. The van der Waals surface area contributed by atoms with Crippen molar-refractivity contribution in [2.24, 2.45) is 0 Å². The Morgan fingerprint density at radius 3 is 2.68 bits per heavy atom. The van der Waals surface area contributed by atoms with E-state index in [1.165, 1.54) is 6.07 Å². The zero-order valence-electron chi connectivity index (χ0n) is 9.85. The second-order valence-electron chi connectivity index (χ2n) is 4.36. The van der Waals surface area contributed by atoms with Gasteiger partial charge in [-0.15, -0.1) is 0 Å². The Morgan fingerprint density at radius 1 is 1.37 bits per heavy atom. The zero-order chi connectivity index (χ0) is 14.0. The number of benzene rings is 1. The van der Waals surface area contributed by atoms with E-state index in [0.29, 0.717) is 6.42 Å². The Labute approximate surface area is 116 Å². The molecule has 7 heteroatoms. The number of carbonyl (C=O) groups excluding carboxylic acids is 1. The summed E-state index contributed by atoms with van der Waals surface area (Å²) in [6.07, 6.45) is -2.84. The molecule has 104 valence electrons. The fraction of sp³-hybridized carbons (Fsp3) is 0.417. The van der Waals surface area contributed by atoms with E-state index in [1.807, 2.05) is 0 Å². The van der Waals surface area contributed by atoms with Crippen LogP contribution in [0.4, 0.5) is 18.9 Å². The first-order valence-electron chi connectivity index (χ1n) is 5.78. The van der Waals surface area contributed by atoms with Crippen molar-refractivity contribution in [3.8, 4) is 0 Å². The van der Waals surface area contributed by atoms with E-state index < -0.39 is 11.7 Å². The van der Waals surface area contributed by atoms with Crippen LogP contribution in [-0.4, -0.2) is 18.5 Å². The molecular weight excluding hydrogens is 325 g/mol. The van der Waals surface area contributed by atoms with Crippen molar-refractivity contribution in [1.29, 1.82) is 0 Å². The van der Waals surface area contributed by atoms with Crippen molar-refractivity contribution in [1.82, 2.24) is 5.32 Å². The van der Waals surface area contributed by atoms with Gasteiger partial charge in [0.05, 0.1) is 11.6 Å². The molecule has 2 rings (SSSR count). The summed E-state index contributed by atoms with van der Waals surface area (Å²) in [5, 5.41) is 5.50. The van der Waals surface area contributed by atoms with Crippen LogP contribution < -0.4 is 10.6 Å². The van der Waals surface area contributed by atoms with E-state index in [-0.39, 0.29) is 22.1 Å². The number of hydrogen-bond donors (Lipinski definition) is 2. The first-order chi connectivity index (χ1) is 8.86. The van der Waals surface area contributed by atoms with Crippen LogP contribution in [0.2, 0.25) is 0 Å². The van der Waals surface area contributed by atoms with E-state index in [0.717, 1.165) is 25.1 Å². The lowest BCUT2D eigenvalue weighted by Crippen LogP contribution is -2.35. The maximum atomic E-state index is 12.6. The van der Waals surface area contributed by atoms with E-state index in [4.69, 9.17) is 0 Å². The Bertz CT molecular complexity index is 484. The average Bonchev–Trinajstić information content (AvgIpc) is 2.80. The van der Waals surface area contributed by atoms with Gasteiger partial charge in [0.2, 0.25) is 5.91 Å². The molecule has 0 radical (unpaired) electrons. The Balaban J connectivity index is 2.16. The predicted molar refractivity (Wildman–Crippen MR) is 68.8 cm³/mol. The van der Waals surface area contributed by atoms with E-state index in [2.05, 4.69) is 26.6 Å². The van der Waals surface area contributed by atoms with Crippen LogP contribution in [-0.2, 0) is 11.0 Å². The maximum Gasteiger partial charge on any atom is 0.416 e. The lowest BCUT2D eigenvalue weighted by atomic mass is 10.1. The van der Waals surface area contributed by atoms with Gasteiger partial charge in [0, 0.05) is 10.2 Å². The number of anilines is 1. The van der Waals surface area contributed by atoms with Gasteiger partial charge in [-0.3, -0.25) is 4.79 Å². The Hall–Kier alpha value is -1.08. The molecule has 1 saturated heterocycles. The molecule has 0 saturated carbocycles. The molecule has 1 atom stereocenters. The van der Waals surface area contributed by atoms with Crippen LogP contribution in [0.3, 0.4) is 0 Å². The third-order valence-corrected chi connectivity index (χ3v) is 3.33. The summed E-state index contributed by atoms with van der Waals surface area (Å²) in [5.74, 6) is -0.302. The Morgan fingerprint density at radius 2 is 2.11 bits per heavy atom. The zero-order valence-corrected chi connectivity index (χ0v) is 11.4. The number of hydrogen-bond acceptors (Lipinski definition) is 2. The number of carbonyl (C=O) groups is 1. The van der Waals surface area contributed by atoms with Crippen molar-refractivity contribution in [2.45, 2.75) is 25.1 Å². The summed E-state index contributed by atoms with van der Waals surface area (Å²) in [6.45, 7) is 0.754. The fourth-order valence-corrected chi connectivity index (χ4v) is 2.46.